The fourth-order valence-corrected chi connectivity index (χ4v) is 2.37. The van der Waals surface area contributed by atoms with Gasteiger partial charge in [-0.25, -0.2) is 0 Å². The average molecular weight is 302 g/mol. The quantitative estimate of drug-likeness (QED) is 0.763. The van der Waals surface area contributed by atoms with Crippen molar-refractivity contribution in [2.45, 2.75) is 6.92 Å². The number of hydrogen-bond donors (Lipinski definition) is 3. The number of hydrazine groups is 3. The van der Waals surface area contributed by atoms with Gasteiger partial charge in [-0.05, 0) is 23.6 Å². The van der Waals surface area contributed by atoms with E-state index in [1.807, 2.05) is 31.2 Å². The molecule has 0 atom stereocenters. The Bertz CT molecular complexity index is 705. The van der Waals surface area contributed by atoms with Crippen molar-refractivity contribution < 1.29 is 0 Å². The van der Waals surface area contributed by atoms with E-state index in [9.17, 15) is 0 Å². The highest BCUT2D eigenvalue weighted by atomic mass is 35.5. The predicted octanol–water partition coefficient (Wildman–Crippen LogP) is 2.99. The lowest BCUT2D eigenvalue weighted by Gasteiger charge is -2.29. The minimum absolute atomic E-state index is 0.494. The Morgan fingerprint density at radius 2 is 1.95 bits per heavy atom. The van der Waals surface area contributed by atoms with Gasteiger partial charge in [0, 0.05) is 18.0 Å². The molecule has 1 aliphatic rings. The highest BCUT2D eigenvalue weighted by Crippen LogP contribution is 2.23. The molecule has 108 valence electrons. The Morgan fingerprint density at radius 3 is 2.81 bits per heavy atom. The first-order valence-electron chi connectivity index (χ1n) is 6.76. The van der Waals surface area contributed by atoms with Gasteiger partial charge in [-0.2, -0.15) is 0 Å². The van der Waals surface area contributed by atoms with E-state index < -0.39 is 0 Å². The molecule has 5 nitrogen and oxygen atoms in total. The standard InChI is InChI=1S/C15H16ClN5/c1-2-17-15-10-14(16)19-21(20-15)18-13-9-5-7-11-6-3-4-8-12(11)13/h3-10,18-19H,2H2,1H3,(H,17,20). The number of anilines is 1. The zero-order valence-electron chi connectivity index (χ0n) is 11.6. The van der Waals surface area contributed by atoms with E-state index in [2.05, 4.69) is 39.5 Å². The molecule has 0 fully saturated rings. The van der Waals surface area contributed by atoms with Crippen molar-refractivity contribution in [2.75, 3.05) is 12.0 Å². The molecule has 0 saturated carbocycles. The van der Waals surface area contributed by atoms with E-state index in [0.29, 0.717) is 17.5 Å². The maximum Gasteiger partial charge on any atom is 0.141 e. The van der Waals surface area contributed by atoms with Crippen LogP contribution in [0.15, 0.2) is 58.7 Å². The first-order chi connectivity index (χ1) is 10.3. The maximum atomic E-state index is 6.07. The molecular weight excluding hydrogens is 286 g/mol. The maximum absolute atomic E-state index is 6.07. The number of nitrogens with one attached hydrogen (secondary N) is 3. The second-order valence-corrected chi connectivity index (χ2v) is 4.96. The molecule has 0 radical (unpaired) electrons. The van der Waals surface area contributed by atoms with Gasteiger partial charge in [0.2, 0.25) is 0 Å². The summed E-state index contributed by atoms with van der Waals surface area (Å²) in [5.41, 5.74) is 10.3. The fourth-order valence-electron chi connectivity index (χ4n) is 2.18. The third kappa shape index (κ3) is 3.09. The topological polar surface area (TPSA) is 51.7 Å². The van der Waals surface area contributed by atoms with Crippen LogP contribution in [0.5, 0.6) is 0 Å². The van der Waals surface area contributed by atoms with Gasteiger partial charge in [0.15, 0.2) is 0 Å². The molecule has 6 heteroatoms. The average Bonchev–Trinajstić information content (AvgIpc) is 2.47. The van der Waals surface area contributed by atoms with Crippen LogP contribution in [0.3, 0.4) is 0 Å². The number of nitrogens with zero attached hydrogens (tertiary/aromatic N) is 2. The second kappa shape index (κ2) is 6.03. The minimum atomic E-state index is 0.494. The largest absolute Gasteiger partial charge is 0.282 e. The smallest absolute Gasteiger partial charge is 0.141 e. The molecule has 2 aromatic rings. The van der Waals surface area contributed by atoms with Gasteiger partial charge in [-0.15, -0.1) is 0 Å². The van der Waals surface area contributed by atoms with Gasteiger partial charge >= 0.3 is 0 Å². The fraction of sp³-hybridized carbons (Fsp3) is 0.133. The zero-order chi connectivity index (χ0) is 14.7. The number of aliphatic imine (C=N–C) groups is 1. The van der Waals surface area contributed by atoms with Gasteiger partial charge in [-0.3, -0.25) is 21.3 Å². The van der Waals surface area contributed by atoms with Crippen molar-refractivity contribution >= 4 is 33.9 Å². The molecule has 0 bridgehead atoms. The molecule has 0 unspecified atom stereocenters. The van der Waals surface area contributed by atoms with Gasteiger partial charge < -0.3 is 0 Å². The number of benzene rings is 2. The predicted molar refractivity (Wildman–Crippen MR) is 87.6 cm³/mol. The van der Waals surface area contributed by atoms with E-state index in [0.717, 1.165) is 11.1 Å². The normalized spacial score (nSPS) is 17.2. The van der Waals surface area contributed by atoms with Crippen LogP contribution in [0.1, 0.15) is 6.92 Å². The summed E-state index contributed by atoms with van der Waals surface area (Å²) in [6.07, 6.45) is 1.74. The highest BCUT2D eigenvalue weighted by molar-refractivity contribution is 6.31. The molecule has 21 heavy (non-hydrogen) atoms. The lowest BCUT2D eigenvalue weighted by molar-refractivity contribution is 0.222. The van der Waals surface area contributed by atoms with Crippen LogP contribution in [-0.4, -0.2) is 17.6 Å². The minimum Gasteiger partial charge on any atom is -0.282 e. The number of fused-ring (bicyclic) bond motifs is 1. The molecule has 1 heterocycles. The van der Waals surface area contributed by atoms with Crippen LogP contribution in [0.2, 0.25) is 0 Å². The van der Waals surface area contributed by atoms with Crippen LogP contribution in [0, 0.1) is 0 Å². The lowest BCUT2D eigenvalue weighted by atomic mass is 10.1. The van der Waals surface area contributed by atoms with Crippen LogP contribution in [0.4, 0.5) is 5.69 Å². The zero-order valence-corrected chi connectivity index (χ0v) is 12.4. The Kier molecular flexibility index (Phi) is 3.94. The van der Waals surface area contributed by atoms with Gasteiger partial charge in [0.25, 0.3) is 0 Å². The third-order valence-electron chi connectivity index (χ3n) is 3.06. The summed E-state index contributed by atoms with van der Waals surface area (Å²) < 4.78 is 0. The first kappa shape index (κ1) is 13.7. The van der Waals surface area contributed by atoms with Crippen molar-refractivity contribution in [2.24, 2.45) is 4.99 Å². The van der Waals surface area contributed by atoms with Crippen molar-refractivity contribution in [3.8, 4) is 0 Å². The molecule has 0 amide bonds. The van der Waals surface area contributed by atoms with E-state index in [1.165, 1.54) is 5.39 Å². The Balaban J connectivity index is 1.86. The molecule has 0 saturated heterocycles. The molecule has 3 N–H and O–H groups in total. The van der Waals surface area contributed by atoms with Crippen LogP contribution in [-0.2, 0) is 0 Å². The lowest BCUT2D eigenvalue weighted by Crippen LogP contribution is -2.55. The number of rotatable bonds is 3. The molecule has 0 aliphatic carbocycles. The first-order valence-corrected chi connectivity index (χ1v) is 7.13. The second-order valence-electron chi connectivity index (χ2n) is 4.55. The Hall–Kier alpha value is -2.24. The van der Waals surface area contributed by atoms with Gasteiger partial charge in [0.1, 0.15) is 11.0 Å². The molecular formula is C15H16ClN5. The van der Waals surface area contributed by atoms with E-state index in [4.69, 9.17) is 11.6 Å². The molecule has 1 aliphatic heterocycles. The summed E-state index contributed by atoms with van der Waals surface area (Å²) in [6.45, 7) is 2.66. The van der Waals surface area contributed by atoms with Gasteiger partial charge in [0.05, 0.1) is 5.69 Å². The SMILES string of the molecule is CCN=C1C=C(Cl)NN(Nc2cccc3ccccc23)N1. The van der Waals surface area contributed by atoms with E-state index in [1.54, 1.807) is 11.3 Å². The third-order valence-corrected chi connectivity index (χ3v) is 3.25. The Labute approximate surface area is 128 Å². The van der Waals surface area contributed by atoms with Crippen LogP contribution < -0.4 is 16.3 Å². The van der Waals surface area contributed by atoms with Crippen molar-refractivity contribution in [3.05, 3.63) is 53.7 Å². The monoisotopic (exact) mass is 301 g/mol. The summed E-state index contributed by atoms with van der Waals surface area (Å²) in [7, 11) is 0. The summed E-state index contributed by atoms with van der Waals surface area (Å²) in [5.74, 6) is 0.703. The van der Waals surface area contributed by atoms with Crippen molar-refractivity contribution in [1.29, 1.82) is 0 Å². The van der Waals surface area contributed by atoms with Crippen molar-refractivity contribution in [1.82, 2.24) is 16.1 Å². The number of amidine groups is 1. The number of hydrogen-bond acceptors (Lipinski definition) is 4. The summed E-state index contributed by atoms with van der Waals surface area (Å²) in [6, 6.07) is 14.3. The van der Waals surface area contributed by atoms with Crippen molar-refractivity contribution in [3.63, 3.8) is 0 Å². The summed E-state index contributed by atoms with van der Waals surface area (Å²) >= 11 is 6.07. The molecule has 0 aromatic heterocycles. The van der Waals surface area contributed by atoms with Gasteiger partial charge in [-0.1, -0.05) is 48.0 Å². The van der Waals surface area contributed by atoms with Crippen LogP contribution >= 0.6 is 11.6 Å². The van der Waals surface area contributed by atoms with E-state index in [-0.39, 0.29) is 0 Å². The molecule has 0 spiro atoms. The summed E-state index contributed by atoms with van der Waals surface area (Å²) in [4.78, 5) is 4.31. The number of halogens is 1. The molecule has 2 aromatic carbocycles. The Morgan fingerprint density at radius 1 is 1.14 bits per heavy atom. The van der Waals surface area contributed by atoms with Crippen LogP contribution in [0.25, 0.3) is 10.8 Å². The highest BCUT2D eigenvalue weighted by Gasteiger charge is 2.14. The van der Waals surface area contributed by atoms with E-state index >= 15 is 0 Å². The molecule has 3 rings (SSSR count). The summed E-state index contributed by atoms with van der Waals surface area (Å²) in [5, 5.41) is 4.39.